The van der Waals surface area contributed by atoms with E-state index in [0.29, 0.717) is 12.0 Å². The highest BCUT2D eigenvalue weighted by Gasteiger charge is 2.12. The molecule has 27 heavy (non-hydrogen) atoms. The van der Waals surface area contributed by atoms with Gasteiger partial charge in [0.15, 0.2) is 0 Å². The molecule has 0 saturated carbocycles. The lowest BCUT2D eigenvalue weighted by Crippen LogP contribution is -2.08. The van der Waals surface area contributed by atoms with E-state index in [1.807, 2.05) is 0 Å². The van der Waals surface area contributed by atoms with Crippen molar-refractivity contribution in [3.8, 4) is 11.5 Å². The van der Waals surface area contributed by atoms with E-state index in [-0.39, 0.29) is 16.9 Å². The Hall–Kier alpha value is -3.94. The van der Waals surface area contributed by atoms with Crippen molar-refractivity contribution in [2.24, 2.45) is 0 Å². The largest absolute Gasteiger partial charge is 0.496 e. The van der Waals surface area contributed by atoms with Gasteiger partial charge in [-0.05, 0) is 30.3 Å². The van der Waals surface area contributed by atoms with Crippen LogP contribution in [0.25, 0.3) is 0 Å². The molecule has 0 fully saturated rings. The number of esters is 1. The summed E-state index contributed by atoms with van der Waals surface area (Å²) in [5.74, 6) is -2.64. The van der Waals surface area contributed by atoms with Gasteiger partial charge in [0.05, 0.1) is 7.11 Å². The molecule has 8 heteroatoms. The second-order valence-corrected chi connectivity index (χ2v) is 4.72. The van der Waals surface area contributed by atoms with Gasteiger partial charge in [-0.2, -0.15) is 0 Å². The van der Waals surface area contributed by atoms with Gasteiger partial charge in [-0.25, -0.2) is 14.4 Å². The molecule has 0 aromatic heterocycles. The molecule has 2 aromatic carbocycles. The summed E-state index contributed by atoms with van der Waals surface area (Å²) >= 11 is 0. The van der Waals surface area contributed by atoms with E-state index in [4.69, 9.17) is 19.7 Å². The fraction of sp³-hybridized carbons (Fsp3) is 0.0526. The molecule has 140 valence electrons. The first-order valence-corrected chi connectivity index (χ1v) is 7.43. The maximum atomic E-state index is 11.1. The third kappa shape index (κ3) is 6.83. The van der Waals surface area contributed by atoms with E-state index >= 15 is 0 Å². The van der Waals surface area contributed by atoms with Crippen molar-refractivity contribution < 1.29 is 38.9 Å². The fourth-order valence-electron chi connectivity index (χ4n) is 1.81. The van der Waals surface area contributed by atoms with Crippen molar-refractivity contribution in [3.63, 3.8) is 0 Å². The molecule has 0 saturated heterocycles. The Labute approximate surface area is 154 Å². The van der Waals surface area contributed by atoms with E-state index in [1.165, 1.54) is 31.4 Å². The molecule has 0 bridgehead atoms. The minimum Gasteiger partial charge on any atom is -0.496 e. The predicted octanol–water partition coefficient (Wildman–Crippen LogP) is 2.44. The second kappa shape index (κ2) is 10.8. The van der Waals surface area contributed by atoms with Crippen LogP contribution in [-0.4, -0.2) is 41.5 Å². The molecular weight excluding hydrogens is 356 g/mol. The van der Waals surface area contributed by atoms with Crippen LogP contribution in [-0.2, 0) is 9.59 Å². The molecule has 0 unspecified atom stereocenters. The Balaban J connectivity index is 0.000000289. The number of benzene rings is 2. The molecule has 0 aliphatic heterocycles. The molecule has 0 spiro atoms. The standard InChI is InChI=1S/C11H8O5.C8H8O3/c12-7-3-6-10(13)16-9-5-2-1-4-8(9)11(14)15;1-11-7-5-3-2-4-6(7)8(9)10/h1-7H,(H,14,15);2-5H,1H3,(H,9,10)/b6-3+;. The normalized spacial score (nSPS) is 9.67. The SMILES string of the molecule is COc1ccccc1C(=O)O.O=C/C=C/C(=O)Oc1ccccc1C(=O)O. The zero-order valence-corrected chi connectivity index (χ0v) is 14.2. The Kier molecular flexibility index (Phi) is 8.46. The van der Waals surface area contributed by atoms with E-state index in [0.717, 1.165) is 12.2 Å². The number of aromatic carboxylic acids is 2. The van der Waals surface area contributed by atoms with Crippen molar-refractivity contribution in [1.82, 2.24) is 0 Å². The minimum atomic E-state index is -1.19. The number of aldehydes is 1. The lowest BCUT2D eigenvalue weighted by Gasteiger charge is -2.04. The van der Waals surface area contributed by atoms with Gasteiger partial charge in [-0.3, -0.25) is 4.79 Å². The van der Waals surface area contributed by atoms with E-state index in [9.17, 15) is 19.2 Å². The number of rotatable bonds is 6. The summed E-state index contributed by atoms with van der Waals surface area (Å²) < 4.78 is 9.57. The number of hydrogen-bond acceptors (Lipinski definition) is 6. The van der Waals surface area contributed by atoms with E-state index in [2.05, 4.69) is 0 Å². The number of carbonyl (C=O) groups excluding carboxylic acids is 2. The molecule has 0 aliphatic carbocycles. The van der Waals surface area contributed by atoms with Crippen LogP contribution in [0.1, 0.15) is 20.7 Å². The van der Waals surface area contributed by atoms with Crippen LogP contribution in [0.4, 0.5) is 0 Å². The van der Waals surface area contributed by atoms with Gasteiger partial charge in [0.25, 0.3) is 0 Å². The van der Waals surface area contributed by atoms with E-state index in [1.54, 1.807) is 24.3 Å². The highest BCUT2D eigenvalue weighted by atomic mass is 16.5. The molecule has 2 N–H and O–H groups in total. The number of methoxy groups -OCH3 is 1. The van der Waals surface area contributed by atoms with Gasteiger partial charge in [0.1, 0.15) is 28.9 Å². The first-order valence-electron chi connectivity index (χ1n) is 7.43. The molecule has 0 radical (unpaired) electrons. The Bertz CT molecular complexity index is 854. The Morgan fingerprint density at radius 1 is 0.852 bits per heavy atom. The Morgan fingerprint density at radius 2 is 1.33 bits per heavy atom. The van der Waals surface area contributed by atoms with Crippen LogP contribution in [0.2, 0.25) is 0 Å². The number of allylic oxidation sites excluding steroid dienone is 1. The van der Waals surface area contributed by atoms with Crippen LogP contribution >= 0.6 is 0 Å². The summed E-state index contributed by atoms with van der Waals surface area (Å²) in [5, 5.41) is 17.4. The molecule has 0 aliphatic rings. The minimum absolute atomic E-state index is 0.0597. The summed E-state index contributed by atoms with van der Waals surface area (Å²) in [6.07, 6.45) is 2.29. The van der Waals surface area contributed by atoms with Crippen LogP contribution in [0, 0.1) is 0 Å². The summed E-state index contributed by atoms with van der Waals surface area (Å²) in [4.78, 5) is 42.3. The van der Waals surface area contributed by atoms with Gasteiger partial charge in [0.2, 0.25) is 0 Å². The average Bonchev–Trinajstić information content (AvgIpc) is 2.67. The molecule has 0 atom stereocenters. The number of para-hydroxylation sites is 2. The number of ether oxygens (including phenoxy) is 2. The maximum absolute atomic E-state index is 11.1. The van der Waals surface area contributed by atoms with Crippen molar-refractivity contribution in [1.29, 1.82) is 0 Å². The quantitative estimate of drug-likeness (QED) is 0.342. The first kappa shape index (κ1) is 21.1. The van der Waals surface area contributed by atoms with Gasteiger partial charge < -0.3 is 19.7 Å². The number of carbonyl (C=O) groups is 4. The highest BCUT2D eigenvalue weighted by Crippen LogP contribution is 2.18. The zero-order valence-electron chi connectivity index (χ0n) is 14.2. The van der Waals surface area contributed by atoms with Crippen molar-refractivity contribution in [2.75, 3.05) is 7.11 Å². The average molecular weight is 372 g/mol. The number of hydrogen-bond donors (Lipinski definition) is 2. The maximum Gasteiger partial charge on any atom is 0.339 e. The zero-order chi connectivity index (χ0) is 20.2. The topological polar surface area (TPSA) is 127 Å². The van der Waals surface area contributed by atoms with Gasteiger partial charge >= 0.3 is 17.9 Å². The van der Waals surface area contributed by atoms with E-state index < -0.39 is 17.9 Å². The van der Waals surface area contributed by atoms with Crippen molar-refractivity contribution in [3.05, 3.63) is 71.8 Å². The van der Waals surface area contributed by atoms with Crippen LogP contribution < -0.4 is 9.47 Å². The molecule has 2 rings (SSSR count). The molecule has 0 amide bonds. The first-order chi connectivity index (χ1) is 12.9. The van der Waals surface area contributed by atoms with Gasteiger partial charge in [-0.1, -0.05) is 24.3 Å². The molecular formula is C19H16O8. The molecule has 8 nitrogen and oxygen atoms in total. The fourth-order valence-corrected chi connectivity index (χ4v) is 1.81. The molecule has 2 aromatic rings. The third-order valence-electron chi connectivity index (χ3n) is 2.98. The second-order valence-electron chi connectivity index (χ2n) is 4.72. The number of carboxylic acids is 2. The summed E-state index contributed by atoms with van der Waals surface area (Å²) in [6, 6.07) is 12.2. The number of carboxylic acid groups (broad SMARTS) is 2. The van der Waals surface area contributed by atoms with Crippen LogP contribution in [0.3, 0.4) is 0 Å². The Morgan fingerprint density at radius 3 is 1.78 bits per heavy atom. The van der Waals surface area contributed by atoms with Crippen LogP contribution in [0.15, 0.2) is 60.7 Å². The summed E-state index contributed by atoms with van der Waals surface area (Å²) in [5.41, 5.74) is 0.0744. The van der Waals surface area contributed by atoms with Crippen LogP contribution in [0.5, 0.6) is 11.5 Å². The lowest BCUT2D eigenvalue weighted by atomic mass is 10.2. The monoisotopic (exact) mass is 372 g/mol. The lowest BCUT2D eigenvalue weighted by molar-refractivity contribution is -0.129. The highest BCUT2D eigenvalue weighted by molar-refractivity contribution is 5.94. The predicted molar refractivity (Wildman–Crippen MR) is 94.2 cm³/mol. The third-order valence-corrected chi connectivity index (χ3v) is 2.98. The summed E-state index contributed by atoms with van der Waals surface area (Å²) in [6.45, 7) is 0. The van der Waals surface area contributed by atoms with Gasteiger partial charge in [-0.15, -0.1) is 0 Å². The van der Waals surface area contributed by atoms with Gasteiger partial charge in [0, 0.05) is 6.08 Å². The summed E-state index contributed by atoms with van der Waals surface area (Å²) in [7, 11) is 1.45. The van der Waals surface area contributed by atoms with Crippen molar-refractivity contribution >= 4 is 24.2 Å². The van der Waals surface area contributed by atoms with Crippen molar-refractivity contribution in [2.45, 2.75) is 0 Å². The smallest absolute Gasteiger partial charge is 0.339 e. The molecule has 0 heterocycles.